The van der Waals surface area contributed by atoms with E-state index in [4.69, 9.17) is 14.7 Å². The van der Waals surface area contributed by atoms with Crippen LogP contribution in [0.5, 0.6) is 11.5 Å². The maximum Gasteiger partial charge on any atom is 0.337 e. The molecule has 0 N–H and O–H groups in total. The van der Waals surface area contributed by atoms with Gasteiger partial charge in [-0.3, -0.25) is 0 Å². The largest absolute Gasteiger partial charge is 0.493 e. The molecular formula is C17H14FNO4. The third-order valence-electron chi connectivity index (χ3n) is 3.15. The highest BCUT2D eigenvalue weighted by Crippen LogP contribution is 2.29. The number of hydrogen-bond acceptors (Lipinski definition) is 5. The van der Waals surface area contributed by atoms with Gasteiger partial charge in [-0.2, -0.15) is 5.26 Å². The van der Waals surface area contributed by atoms with Gasteiger partial charge in [0.1, 0.15) is 12.4 Å². The lowest BCUT2D eigenvalue weighted by atomic mass is 10.1. The number of nitriles is 1. The fourth-order valence-electron chi connectivity index (χ4n) is 1.92. The topological polar surface area (TPSA) is 68.5 Å². The first-order valence-electron chi connectivity index (χ1n) is 6.66. The molecule has 0 heterocycles. The number of carbonyl (C=O) groups excluding carboxylic acids is 1. The first-order chi connectivity index (χ1) is 11.1. The van der Waals surface area contributed by atoms with Crippen molar-refractivity contribution in [3.8, 4) is 17.6 Å². The standard InChI is InChI=1S/C17H14FNO4/c1-21-16-8-12(17(20)22-2)5-6-15(16)23-10-13-4-3-11(9-19)7-14(13)18/h3-8H,10H2,1-2H3. The molecule has 0 aromatic heterocycles. The summed E-state index contributed by atoms with van der Waals surface area (Å²) >= 11 is 0. The van der Waals surface area contributed by atoms with Crippen LogP contribution in [0, 0.1) is 17.1 Å². The zero-order valence-corrected chi connectivity index (χ0v) is 12.6. The first-order valence-corrected chi connectivity index (χ1v) is 6.66. The van der Waals surface area contributed by atoms with Crippen molar-refractivity contribution in [3.05, 3.63) is 58.9 Å². The molecule has 0 radical (unpaired) electrons. The van der Waals surface area contributed by atoms with Crippen LogP contribution in [0.3, 0.4) is 0 Å². The normalized spacial score (nSPS) is 9.83. The number of nitrogens with zero attached hydrogens (tertiary/aromatic N) is 1. The number of ether oxygens (including phenoxy) is 3. The van der Waals surface area contributed by atoms with Crippen LogP contribution in [0.2, 0.25) is 0 Å². The Morgan fingerprint density at radius 3 is 2.57 bits per heavy atom. The average Bonchev–Trinajstić information content (AvgIpc) is 2.59. The fraction of sp³-hybridized carbons (Fsp3) is 0.176. The lowest BCUT2D eigenvalue weighted by Gasteiger charge is -2.12. The monoisotopic (exact) mass is 315 g/mol. The van der Waals surface area contributed by atoms with Crippen LogP contribution >= 0.6 is 0 Å². The molecule has 118 valence electrons. The molecule has 0 aliphatic carbocycles. The Kier molecular flexibility index (Phi) is 5.15. The summed E-state index contributed by atoms with van der Waals surface area (Å²) < 4.78 is 29.1. The highest BCUT2D eigenvalue weighted by Gasteiger charge is 2.12. The van der Waals surface area contributed by atoms with Gasteiger partial charge in [-0.1, -0.05) is 6.07 Å². The molecule has 2 aromatic carbocycles. The average molecular weight is 315 g/mol. The summed E-state index contributed by atoms with van der Waals surface area (Å²) in [5.41, 5.74) is 0.871. The smallest absolute Gasteiger partial charge is 0.337 e. The summed E-state index contributed by atoms with van der Waals surface area (Å²) in [6.45, 7) is -0.0362. The van der Waals surface area contributed by atoms with Crippen molar-refractivity contribution in [3.63, 3.8) is 0 Å². The van der Waals surface area contributed by atoms with Crippen LogP contribution in [0.1, 0.15) is 21.5 Å². The summed E-state index contributed by atoms with van der Waals surface area (Å²) in [4.78, 5) is 11.5. The van der Waals surface area contributed by atoms with E-state index >= 15 is 0 Å². The quantitative estimate of drug-likeness (QED) is 0.793. The van der Waals surface area contributed by atoms with Crippen LogP contribution in [-0.2, 0) is 11.3 Å². The molecule has 0 atom stereocenters. The van der Waals surface area contributed by atoms with Crippen molar-refractivity contribution in [2.24, 2.45) is 0 Å². The Hall–Kier alpha value is -3.07. The molecular weight excluding hydrogens is 301 g/mol. The van der Waals surface area contributed by atoms with E-state index < -0.39 is 11.8 Å². The van der Waals surface area contributed by atoms with E-state index in [0.717, 1.165) is 6.07 Å². The van der Waals surface area contributed by atoms with E-state index in [1.807, 2.05) is 6.07 Å². The van der Waals surface area contributed by atoms with E-state index in [0.29, 0.717) is 22.6 Å². The van der Waals surface area contributed by atoms with Gasteiger partial charge in [0.05, 0.1) is 31.4 Å². The molecule has 0 amide bonds. The molecule has 23 heavy (non-hydrogen) atoms. The van der Waals surface area contributed by atoms with Crippen molar-refractivity contribution < 1.29 is 23.4 Å². The van der Waals surface area contributed by atoms with E-state index in [2.05, 4.69) is 4.74 Å². The van der Waals surface area contributed by atoms with E-state index in [-0.39, 0.29) is 12.2 Å². The van der Waals surface area contributed by atoms with Crippen molar-refractivity contribution in [2.45, 2.75) is 6.61 Å². The van der Waals surface area contributed by atoms with Crippen LogP contribution in [-0.4, -0.2) is 20.2 Å². The maximum absolute atomic E-state index is 13.8. The molecule has 0 spiro atoms. The minimum Gasteiger partial charge on any atom is -0.493 e. The number of halogens is 1. The van der Waals surface area contributed by atoms with Gasteiger partial charge in [-0.25, -0.2) is 9.18 Å². The lowest BCUT2D eigenvalue weighted by Crippen LogP contribution is -2.04. The molecule has 6 heteroatoms. The molecule has 0 bridgehead atoms. The van der Waals surface area contributed by atoms with Crippen LogP contribution in [0.25, 0.3) is 0 Å². The zero-order valence-electron chi connectivity index (χ0n) is 12.6. The second kappa shape index (κ2) is 7.27. The number of methoxy groups -OCH3 is 2. The lowest BCUT2D eigenvalue weighted by molar-refractivity contribution is 0.0600. The predicted octanol–water partition coefficient (Wildman–Crippen LogP) is 3.07. The van der Waals surface area contributed by atoms with E-state index in [9.17, 15) is 9.18 Å². The van der Waals surface area contributed by atoms with Gasteiger partial charge in [-0.15, -0.1) is 0 Å². The highest BCUT2D eigenvalue weighted by molar-refractivity contribution is 5.90. The molecule has 5 nitrogen and oxygen atoms in total. The van der Waals surface area contributed by atoms with Gasteiger partial charge in [0, 0.05) is 5.56 Å². The van der Waals surface area contributed by atoms with Gasteiger partial charge < -0.3 is 14.2 Å². The minimum atomic E-state index is -0.519. The third-order valence-corrected chi connectivity index (χ3v) is 3.15. The SMILES string of the molecule is COC(=O)c1ccc(OCc2ccc(C#N)cc2F)c(OC)c1. The Morgan fingerprint density at radius 2 is 1.96 bits per heavy atom. The molecule has 2 aromatic rings. The first kappa shape index (κ1) is 16.3. The van der Waals surface area contributed by atoms with Crippen LogP contribution in [0.15, 0.2) is 36.4 Å². The van der Waals surface area contributed by atoms with Gasteiger partial charge in [0.15, 0.2) is 11.5 Å². The second-order valence-corrected chi connectivity index (χ2v) is 4.56. The minimum absolute atomic E-state index is 0.0362. The Morgan fingerprint density at radius 1 is 1.17 bits per heavy atom. The Balaban J connectivity index is 2.17. The van der Waals surface area contributed by atoms with Crippen molar-refractivity contribution in [1.82, 2.24) is 0 Å². The summed E-state index contributed by atoms with van der Waals surface area (Å²) in [5, 5.41) is 8.72. The van der Waals surface area contributed by atoms with E-state index in [1.54, 1.807) is 6.07 Å². The fourth-order valence-corrected chi connectivity index (χ4v) is 1.92. The van der Waals surface area contributed by atoms with Crippen LogP contribution < -0.4 is 9.47 Å². The molecule has 0 saturated heterocycles. The molecule has 0 aliphatic heterocycles. The summed E-state index contributed by atoms with van der Waals surface area (Å²) in [6, 6.07) is 10.6. The Labute approximate surface area is 132 Å². The van der Waals surface area contributed by atoms with Gasteiger partial charge in [0.25, 0.3) is 0 Å². The summed E-state index contributed by atoms with van der Waals surface area (Å²) in [6.07, 6.45) is 0. The maximum atomic E-state index is 13.8. The molecule has 2 rings (SSSR count). The molecule has 0 unspecified atom stereocenters. The van der Waals surface area contributed by atoms with Crippen molar-refractivity contribution in [2.75, 3.05) is 14.2 Å². The van der Waals surface area contributed by atoms with Crippen molar-refractivity contribution in [1.29, 1.82) is 5.26 Å². The highest BCUT2D eigenvalue weighted by atomic mass is 19.1. The summed E-state index contributed by atoms with van der Waals surface area (Å²) in [7, 11) is 2.72. The van der Waals surface area contributed by atoms with E-state index in [1.165, 1.54) is 38.5 Å². The number of rotatable bonds is 5. The molecule has 0 saturated carbocycles. The third kappa shape index (κ3) is 3.77. The number of hydrogen-bond donors (Lipinski definition) is 0. The van der Waals surface area contributed by atoms with Gasteiger partial charge in [-0.05, 0) is 30.3 Å². The number of carbonyl (C=O) groups is 1. The van der Waals surface area contributed by atoms with Gasteiger partial charge >= 0.3 is 5.97 Å². The summed E-state index contributed by atoms with van der Waals surface area (Å²) in [5.74, 6) is -0.312. The molecule has 0 fully saturated rings. The second-order valence-electron chi connectivity index (χ2n) is 4.56. The van der Waals surface area contributed by atoms with Crippen LogP contribution in [0.4, 0.5) is 4.39 Å². The Bertz CT molecular complexity index is 768. The van der Waals surface area contributed by atoms with Crippen molar-refractivity contribution >= 4 is 5.97 Å². The van der Waals surface area contributed by atoms with Gasteiger partial charge in [0.2, 0.25) is 0 Å². The number of benzene rings is 2. The number of esters is 1. The zero-order chi connectivity index (χ0) is 16.8. The predicted molar refractivity (Wildman–Crippen MR) is 79.8 cm³/mol. The molecule has 0 aliphatic rings.